The molecule has 4 heterocycles. The zero-order valence-electron chi connectivity index (χ0n) is 59.4. The van der Waals surface area contributed by atoms with Crippen molar-refractivity contribution in [2.75, 3.05) is 106 Å². The fraction of sp³-hybridized carbons (Fsp3) is 0.972. The molecule has 0 amide bonds. The maximum Gasteiger partial charge on any atom is 0.187 e. The molecule has 92 heavy (non-hydrogen) atoms. The molecule has 0 saturated carbocycles. The van der Waals surface area contributed by atoms with E-state index in [1.54, 1.807) is 6.08 Å². The number of aliphatic hydroxyl groups is 2. The minimum atomic E-state index is -1.40. The minimum absolute atomic E-state index is 0.0782. The molecule has 8 unspecified atom stereocenters. The molecule has 21 heteroatoms. The number of hydrogen-bond donors (Lipinski definition) is 2. The monoisotopic (exact) mass is 1320 g/mol. The fourth-order valence-electron chi connectivity index (χ4n) is 11.3. The first kappa shape index (κ1) is 83.3. The highest BCUT2D eigenvalue weighted by molar-refractivity contribution is 5.01. The van der Waals surface area contributed by atoms with Gasteiger partial charge in [0.05, 0.1) is 33.0 Å². The minimum Gasteiger partial charge on any atom is -0.385 e. The van der Waals surface area contributed by atoms with Crippen molar-refractivity contribution in [2.45, 2.75) is 340 Å². The first-order valence-electron chi connectivity index (χ1n) is 36.9. The Hall–Kier alpha value is -1.10. The van der Waals surface area contributed by atoms with E-state index < -0.39 is 123 Å². The zero-order chi connectivity index (χ0) is 66.6. The van der Waals surface area contributed by atoms with Gasteiger partial charge in [-0.25, -0.2) is 0 Å². The molecule has 544 valence electrons. The van der Waals surface area contributed by atoms with Crippen LogP contribution in [0, 0.1) is 0 Å². The molecule has 0 aliphatic carbocycles. The second-order valence-electron chi connectivity index (χ2n) is 25.1. The van der Waals surface area contributed by atoms with Crippen molar-refractivity contribution in [3.63, 3.8) is 0 Å². The molecule has 4 aliphatic rings. The third-order valence-corrected chi connectivity index (χ3v) is 17.0. The Labute approximate surface area is 556 Å². The first-order chi connectivity index (χ1) is 45.1. The van der Waals surface area contributed by atoms with E-state index >= 15 is 0 Å². The number of aliphatic hydroxyl groups excluding tert-OH is 2. The summed E-state index contributed by atoms with van der Waals surface area (Å²) in [5, 5.41) is 25.5. The van der Waals surface area contributed by atoms with Gasteiger partial charge in [0.2, 0.25) is 0 Å². The van der Waals surface area contributed by atoms with Gasteiger partial charge in [0.1, 0.15) is 97.7 Å². The van der Waals surface area contributed by atoms with Gasteiger partial charge in [-0.1, -0.05) is 153 Å². The van der Waals surface area contributed by atoms with Gasteiger partial charge in [0.15, 0.2) is 25.2 Å². The molecule has 20 atom stereocenters. The summed E-state index contributed by atoms with van der Waals surface area (Å²) >= 11 is 0. The molecule has 0 spiro atoms. The predicted octanol–water partition coefficient (Wildman–Crippen LogP) is 11.5. The smallest absolute Gasteiger partial charge is 0.187 e. The quantitative estimate of drug-likeness (QED) is 0.0427. The van der Waals surface area contributed by atoms with Crippen LogP contribution in [-0.4, -0.2) is 239 Å². The molecule has 0 radical (unpaired) electrons. The number of unbranched alkanes of at least 4 members (excludes halogenated alkanes) is 11. The Morgan fingerprint density at radius 2 is 0.554 bits per heavy atom. The van der Waals surface area contributed by atoms with Crippen LogP contribution in [0.1, 0.15) is 217 Å². The number of hydrogen-bond acceptors (Lipinski definition) is 21. The van der Waals surface area contributed by atoms with Gasteiger partial charge in [0.25, 0.3) is 0 Å². The van der Waals surface area contributed by atoms with Crippen LogP contribution in [0.5, 0.6) is 0 Å². The summed E-state index contributed by atoms with van der Waals surface area (Å²) in [4.78, 5) is 0. The van der Waals surface area contributed by atoms with Gasteiger partial charge in [-0.2, -0.15) is 0 Å². The summed E-state index contributed by atoms with van der Waals surface area (Å²) in [5.74, 6) is 0. The van der Waals surface area contributed by atoms with Gasteiger partial charge >= 0.3 is 0 Å². The van der Waals surface area contributed by atoms with Crippen molar-refractivity contribution in [2.24, 2.45) is 0 Å². The van der Waals surface area contributed by atoms with Crippen molar-refractivity contribution >= 4 is 0 Å². The lowest BCUT2D eigenvalue weighted by Gasteiger charge is -2.52. The molecule has 4 aliphatic heterocycles. The zero-order valence-corrected chi connectivity index (χ0v) is 59.4. The van der Waals surface area contributed by atoms with E-state index in [-0.39, 0.29) is 33.0 Å². The first-order valence-corrected chi connectivity index (χ1v) is 36.9. The van der Waals surface area contributed by atoms with Gasteiger partial charge in [-0.05, 0) is 70.6 Å². The van der Waals surface area contributed by atoms with Crippen LogP contribution >= 0.6 is 0 Å². The molecule has 2 N–H and O–H groups in total. The Morgan fingerprint density at radius 1 is 0.272 bits per heavy atom. The van der Waals surface area contributed by atoms with Crippen molar-refractivity contribution in [3.05, 3.63) is 12.7 Å². The molecule has 0 aromatic carbocycles. The van der Waals surface area contributed by atoms with E-state index in [4.69, 9.17) is 90.0 Å². The van der Waals surface area contributed by atoms with E-state index in [0.717, 1.165) is 135 Å². The summed E-state index contributed by atoms with van der Waals surface area (Å²) in [6, 6.07) is 0. The third-order valence-electron chi connectivity index (χ3n) is 17.0. The number of ether oxygens (including phenoxy) is 19. The van der Waals surface area contributed by atoms with Crippen molar-refractivity contribution in [1.29, 1.82) is 0 Å². The summed E-state index contributed by atoms with van der Waals surface area (Å²) < 4.78 is 130. The summed E-state index contributed by atoms with van der Waals surface area (Å²) in [6.07, 6.45) is 1.05. The molecule has 21 nitrogen and oxygen atoms in total. The fourth-order valence-corrected chi connectivity index (χ4v) is 11.3. The van der Waals surface area contributed by atoms with E-state index in [0.29, 0.717) is 79.1 Å². The molecule has 4 saturated heterocycles. The van der Waals surface area contributed by atoms with Gasteiger partial charge in [0, 0.05) is 72.7 Å². The van der Waals surface area contributed by atoms with Crippen LogP contribution in [0.4, 0.5) is 0 Å². The molecular weight excluding hydrogens is 1190 g/mol. The largest absolute Gasteiger partial charge is 0.385 e. The topological polar surface area (TPSA) is 216 Å². The standard InChI is InChI=1S/C71H134O21/c1-13-25-37-74-48-52-58(77-40-28-16-4)62(80-43-31-19-7)56(72)68(87-52)86-51-55-61(91-69-57(73)63(81-44-32-20-8)59(78-41-29-17-5)53(88-69)49-75-38-26-14-2)65(67(84-47-35-23-11)70(89-55)85-36-24-12)92-71-66(83-46-34-22-10)64(82-45-33-21-9)60(79-42-30-18-6)54(90-71)50-76-39-27-15-3/h24,52-73H,12-23,25-51H2,1-11H3/t52?,53?,54?,55?,56-,57?,58+,59+,60+,61+,62?,63+,64-,65-,66?,67?,68+,69-,70-,71-/m0/s1. The summed E-state index contributed by atoms with van der Waals surface area (Å²) in [7, 11) is 0. The lowest BCUT2D eigenvalue weighted by atomic mass is 9.95. The highest BCUT2D eigenvalue weighted by Crippen LogP contribution is 2.39. The lowest BCUT2D eigenvalue weighted by molar-refractivity contribution is -0.399. The maximum atomic E-state index is 13.0. The lowest BCUT2D eigenvalue weighted by Crippen LogP contribution is -2.69. The van der Waals surface area contributed by atoms with Crippen LogP contribution in [0.3, 0.4) is 0 Å². The molecule has 0 bridgehead atoms. The molecular formula is C71H134O21. The van der Waals surface area contributed by atoms with Crippen molar-refractivity contribution in [1.82, 2.24) is 0 Å². The van der Waals surface area contributed by atoms with E-state index in [1.807, 2.05) is 0 Å². The van der Waals surface area contributed by atoms with Crippen LogP contribution in [-0.2, 0) is 90.0 Å². The highest BCUT2D eigenvalue weighted by Gasteiger charge is 2.58. The van der Waals surface area contributed by atoms with Gasteiger partial charge in [-0.15, -0.1) is 6.58 Å². The molecule has 0 aromatic rings. The second-order valence-corrected chi connectivity index (χ2v) is 25.1. The van der Waals surface area contributed by atoms with Gasteiger partial charge < -0.3 is 100 Å². The SMILES string of the molecule is C=CCO[C@H]1OC(CO[C@@H]2OC(COCCCC)[C@@H](OCCCC)C(OCCCC)[C@@H]2O)[C@@H](O[C@@H]2OC(COCCCC)[C@@H](OCCCC)[C@H](OCCCC)C2O)[C@H](O[C@@H]2OC(COCCCC)[C@@H](OCCCC)[C@H](OCCCC)C2OCCCC)C1OCCCC. The normalized spacial score (nSPS) is 32.0. The van der Waals surface area contributed by atoms with E-state index in [1.165, 1.54) is 0 Å². The van der Waals surface area contributed by atoms with Crippen molar-refractivity contribution < 1.29 is 100 Å². The van der Waals surface area contributed by atoms with Crippen LogP contribution < -0.4 is 0 Å². The van der Waals surface area contributed by atoms with Crippen molar-refractivity contribution in [3.8, 4) is 0 Å². The molecule has 4 fully saturated rings. The third kappa shape index (κ3) is 29.0. The molecule has 0 aromatic heterocycles. The Morgan fingerprint density at radius 3 is 0.946 bits per heavy atom. The van der Waals surface area contributed by atoms with Gasteiger partial charge in [-0.3, -0.25) is 0 Å². The average Bonchev–Trinajstić information content (AvgIpc) is 0.776. The Bertz CT molecular complexity index is 1730. The highest BCUT2D eigenvalue weighted by atomic mass is 16.8. The Kier molecular flexibility index (Phi) is 47.1. The van der Waals surface area contributed by atoms with Crippen LogP contribution in [0.25, 0.3) is 0 Å². The van der Waals surface area contributed by atoms with E-state index in [2.05, 4.69) is 82.7 Å². The summed E-state index contributed by atoms with van der Waals surface area (Å²) in [6.45, 7) is 32.4. The summed E-state index contributed by atoms with van der Waals surface area (Å²) in [5.41, 5.74) is 0. The Balaban J connectivity index is 2.02. The van der Waals surface area contributed by atoms with Crippen LogP contribution in [0.2, 0.25) is 0 Å². The number of rotatable bonds is 57. The predicted molar refractivity (Wildman–Crippen MR) is 353 cm³/mol. The second kappa shape index (κ2) is 52.0. The van der Waals surface area contributed by atoms with Crippen LogP contribution in [0.15, 0.2) is 12.7 Å². The maximum absolute atomic E-state index is 13.0. The van der Waals surface area contributed by atoms with E-state index in [9.17, 15) is 10.2 Å². The molecule has 4 rings (SSSR count). The average molecular weight is 1320 g/mol.